The van der Waals surface area contributed by atoms with Gasteiger partial charge in [0.15, 0.2) is 0 Å². The standard InChI is InChI=1S/C9H6ClF2N/c1-5(4-13)6-2-9(12)7(10)3-8(6)11/h2-3,5H,1H3. The topological polar surface area (TPSA) is 23.8 Å². The zero-order valence-electron chi connectivity index (χ0n) is 6.81. The largest absolute Gasteiger partial charge is 0.207 e. The van der Waals surface area contributed by atoms with Gasteiger partial charge in [0.25, 0.3) is 0 Å². The van der Waals surface area contributed by atoms with E-state index in [1.807, 2.05) is 6.07 Å². The molecule has 1 aromatic rings. The molecule has 0 saturated carbocycles. The lowest BCUT2D eigenvalue weighted by Crippen LogP contribution is -1.96. The van der Waals surface area contributed by atoms with Gasteiger partial charge in [0.1, 0.15) is 11.6 Å². The molecule has 0 fully saturated rings. The van der Waals surface area contributed by atoms with Crippen LogP contribution in [0.1, 0.15) is 18.4 Å². The van der Waals surface area contributed by atoms with E-state index in [1.54, 1.807) is 0 Å². The molecule has 0 heterocycles. The van der Waals surface area contributed by atoms with Crippen molar-refractivity contribution in [3.63, 3.8) is 0 Å². The van der Waals surface area contributed by atoms with Crippen LogP contribution in [0.5, 0.6) is 0 Å². The number of halogens is 3. The number of rotatable bonds is 1. The molecule has 1 nitrogen and oxygen atoms in total. The highest BCUT2D eigenvalue weighted by Gasteiger charge is 2.13. The predicted molar refractivity (Wildman–Crippen MR) is 45.4 cm³/mol. The van der Waals surface area contributed by atoms with Gasteiger partial charge in [-0.05, 0) is 19.1 Å². The van der Waals surface area contributed by atoms with Gasteiger partial charge in [-0.2, -0.15) is 5.26 Å². The zero-order valence-corrected chi connectivity index (χ0v) is 7.57. The highest BCUT2D eigenvalue weighted by Crippen LogP contribution is 2.24. The third-order valence-corrected chi connectivity index (χ3v) is 1.99. The molecule has 1 aromatic carbocycles. The zero-order chi connectivity index (χ0) is 10.0. The van der Waals surface area contributed by atoms with Crippen molar-refractivity contribution < 1.29 is 8.78 Å². The lowest BCUT2D eigenvalue weighted by atomic mass is 10.0. The van der Waals surface area contributed by atoms with Crippen LogP contribution in [0, 0.1) is 23.0 Å². The fourth-order valence-electron chi connectivity index (χ4n) is 0.939. The van der Waals surface area contributed by atoms with Crippen molar-refractivity contribution in [3.8, 4) is 6.07 Å². The molecule has 0 radical (unpaired) electrons. The predicted octanol–water partition coefficient (Wildman–Crippen LogP) is 3.25. The summed E-state index contributed by atoms with van der Waals surface area (Å²) in [5.74, 6) is -2.03. The Balaban J connectivity index is 3.25. The van der Waals surface area contributed by atoms with E-state index < -0.39 is 17.6 Å². The smallest absolute Gasteiger partial charge is 0.142 e. The molecule has 0 aliphatic heterocycles. The monoisotopic (exact) mass is 201 g/mol. The van der Waals surface area contributed by atoms with Crippen LogP contribution >= 0.6 is 11.6 Å². The van der Waals surface area contributed by atoms with Gasteiger partial charge in [-0.25, -0.2) is 8.78 Å². The average molecular weight is 202 g/mol. The van der Waals surface area contributed by atoms with Crippen LogP contribution < -0.4 is 0 Å². The minimum atomic E-state index is -0.708. The molecule has 0 spiro atoms. The van der Waals surface area contributed by atoms with Crippen LogP contribution in [-0.4, -0.2) is 0 Å². The number of benzene rings is 1. The summed E-state index contributed by atoms with van der Waals surface area (Å²) in [4.78, 5) is 0. The number of nitrogens with zero attached hydrogens (tertiary/aromatic N) is 1. The molecule has 1 unspecified atom stereocenters. The van der Waals surface area contributed by atoms with Crippen molar-refractivity contribution in [2.24, 2.45) is 0 Å². The fraction of sp³-hybridized carbons (Fsp3) is 0.222. The number of hydrogen-bond acceptors (Lipinski definition) is 1. The first-order valence-corrected chi connectivity index (χ1v) is 3.98. The second-order valence-electron chi connectivity index (χ2n) is 2.64. The van der Waals surface area contributed by atoms with E-state index in [9.17, 15) is 8.78 Å². The Morgan fingerprint density at radius 2 is 2.00 bits per heavy atom. The van der Waals surface area contributed by atoms with Gasteiger partial charge in [0.2, 0.25) is 0 Å². The number of nitriles is 1. The molecule has 68 valence electrons. The Bertz CT molecular complexity index is 371. The van der Waals surface area contributed by atoms with Gasteiger partial charge in [0.05, 0.1) is 17.0 Å². The molecule has 0 bridgehead atoms. The van der Waals surface area contributed by atoms with Gasteiger partial charge in [-0.1, -0.05) is 11.6 Å². The molecule has 1 atom stereocenters. The number of hydrogen-bond donors (Lipinski definition) is 0. The lowest BCUT2D eigenvalue weighted by molar-refractivity contribution is 0.582. The van der Waals surface area contributed by atoms with Gasteiger partial charge >= 0.3 is 0 Å². The summed E-state index contributed by atoms with van der Waals surface area (Å²) in [6.45, 7) is 1.49. The molecule has 0 aliphatic rings. The first-order valence-electron chi connectivity index (χ1n) is 3.60. The molecule has 0 aliphatic carbocycles. The van der Waals surface area contributed by atoms with Crippen molar-refractivity contribution >= 4 is 11.6 Å². The molecule has 0 aromatic heterocycles. The normalized spacial score (nSPS) is 12.2. The van der Waals surface area contributed by atoms with Crippen molar-refractivity contribution in [1.82, 2.24) is 0 Å². The summed E-state index contributed by atoms with van der Waals surface area (Å²) >= 11 is 5.34. The summed E-state index contributed by atoms with van der Waals surface area (Å²) in [6, 6.07) is 3.64. The summed E-state index contributed by atoms with van der Waals surface area (Å²) in [6.07, 6.45) is 0. The lowest BCUT2D eigenvalue weighted by Gasteiger charge is -2.05. The van der Waals surface area contributed by atoms with Crippen LogP contribution in [0.2, 0.25) is 5.02 Å². The van der Waals surface area contributed by atoms with Crippen molar-refractivity contribution in [1.29, 1.82) is 5.26 Å². The first-order chi connectivity index (χ1) is 6.06. The summed E-state index contributed by atoms with van der Waals surface area (Å²) in [7, 11) is 0. The summed E-state index contributed by atoms with van der Waals surface area (Å²) < 4.78 is 25.9. The van der Waals surface area contributed by atoms with E-state index in [-0.39, 0.29) is 10.6 Å². The van der Waals surface area contributed by atoms with Crippen LogP contribution in [0.4, 0.5) is 8.78 Å². The van der Waals surface area contributed by atoms with Gasteiger partial charge in [-0.15, -0.1) is 0 Å². The average Bonchev–Trinajstić information content (AvgIpc) is 2.10. The maximum absolute atomic E-state index is 13.1. The van der Waals surface area contributed by atoms with Crippen LogP contribution in [0.3, 0.4) is 0 Å². The Labute approximate surface area is 79.6 Å². The minimum Gasteiger partial charge on any atom is -0.207 e. The third-order valence-electron chi connectivity index (χ3n) is 1.70. The van der Waals surface area contributed by atoms with Crippen molar-refractivity contribution in [2.45, 2.75) is 12.8 Å². The Kier molecular flexibility index (Phi) is 2.84. The van der Waals surface area contributed by atoms with E-state index in [4.69, 9.17) is 16.9 Å². The molecular formula is C9H6ClF2N. The Hall–Kier alpha value is -1.14. The van der Waals surface area contributed by atoms with Gasteiger partial charge < -0.3 is 0 Å². The molecule has 0 N–H and O–H groups in total. The van der Waals surface area contributed by atoms with Gasteiger partial charge in [0, 0.05) is 5.56 Å². The molecule has 0 saturated heterocycles. The Morgan fingerprint density at radius 1 is 1.38 bits per heavy atom. The van der Waals surface area contributed by atoms with Crippen LogP contribution in [-0.2, 0) is 0 Å². The molecule has 13 heavy (non-hydrogen) atoms. The van der Waals surface area contributed by atoms with E-state index in [0.717, 1.165) is 12.1 Å². The van der Waals surface area contributed by atoms with Crippen molar-refractivity contribution in [2.75, 3.05) is 0 Å². The Morgan fingerprint density at radius 3 is 2.54 bits per heavy atom. The van der Waals surface area contributed by atoms with Crippen molar-refractivity contribution in [3.05, 3.63) is 34.4 Å². The minimum absolute atomic E-state index is 0.0319. The molecule has 4 heteroatoms. The van der Waals surface area contributed by atoms with E-state index in [2.05, 4.69) is 0 Å². The third kappa shape index (κ3) is 1.96. The van der Waals surface area contributed by atoms with Crippen LogP contribution in [0.15, 0.2) is 12.1 Å². The van der Waals surface area contributed by atoms with Crippen LogP contribution in [0.25, 0.3) is 0 Å². The highest BCUT2D eigenvalue weighted by atomic mass is 35.5. The maximum Gasteiger partial charge on any atom is 0.142 e. The van der Waals surface area contributed by atoms with E-state index >= 15 is 0 Å². The first kappa shape index (κ1) is 9.94. The fourth-order valence-corrected chi connectivity index (χ4v) is 1.09. The quantitative estimate of drug-likeness (QED) is 0.640. The van der Waals surface area contributed by atoms with Gasteiger partial charge in [-0.3, -0.25) is 0 Å². The maximum atomic E-state index is 13.1. The molecular weight excluding hydrogens is 196 g/mol. The second-order valence-corrected chi connectivity index (χ2v) is 3.05. The summed E-state index contributed by atoms with van der Waals surface area (Å²) in [5, 5.41) is 8.23. The second kappa shape index (κ2) is 3.71. The molecule has 0 amide bonds. The molecule has 1 rings (SSSR count). The summed E-state index contributed by atoms with van der Waals surface area (Å²) in [5.41, 5.74) is 0.0319. The van der Waals surface area contributed by atoms with E-state index in [1.165, 1.54) is 6.92 Å². The SMILES string of the molecule is CC(C#N)c1cc(F)c(Cl)cc1F. The highest BCUT2D eigenvalue weighted by molar-refractivity contribution is 6.30. The van der Waals surface area contributed by atoms with E-state index in [0.29, 0.717) is 0 Å².